The van der Waals surface area contributed by atoms with Crippen LogP contribution in [0.5, 0.6) is 0 Å². The van der Waals surface area contributed by atoms with Crippen molar-refractivity contribution in [1.82, 2.24) is 10.6 Å². The van der Waals surface area contributed by atoms with E-state index in [1.807, 2.05) is 0 Å². The third-order valence-corrected chi connectivity index (χ3v) is 6.32. The third-order valence-electron chi connectivity index (χ3n) is 4.80. The van der Waals surface area contributed by atoms with Gasteiger partial charge in [-0.1, -0.05) is 54.8 Å². The fraction of sp³-hybridized carbons (Fsp3) is 0.526. The molecule has 1 heterocycles. The van der Waals surface area contributed by atoms with Crippen LogP contribution < -0.4 is 10.6 Å². The Kier molecular flexibility index (Phi) is 6.97. The molecule has 0 bridgehead atoms. The SMILES string of the molecule is O=C(NCCC1SC(=NCC2CCCCC2)NC1=O)c1ccccc1Cl. The average molecular weight is 394 g/mol. The highest BCUT2D eigenvalue weighted by Crippen LogP contribution is 2.26. The lowest BCUT2D eigenvalue weighted by Crippen LogP contribution is -2.30. The van der Waals surface area contributed by atoms with E-state index in [0.717, 1.165) is 11.7 Å². The second kappa shape index (κ2) is 9.42. The summed E-state index contributed by atoms with van der Waals surface area (Å²) in [6, 6.07) is 6.93. The molecule has 0 aromatic heterocycles. The van der Waals surface area contributed by atoms with Gasteiger partial charge in [0.2, 0.25) is 5.91 Å². The minimum atomic E-state index is -0.217. The van der Waals surface area contributed by atoms with Gasteiger partial charge >= 0.3 is 0 Å². The van der Waals surface area contributed by atoms with Crippen LogP contribution in [0.3, 0.4) is 0 Å². The van der Waals surface area contributed by atoms with Crippen LogP contribution in [0.1, 0.15) is 48.9 Å². The summed E-state index contributed by atoms with van der Waals surface area (Å²) in [7, 11) is 0. The van der Waals surface area contributed by atoms with Crippen molar-refractivity contribution in [2.24, 2.45) is 10.9 Å². The predicted octanol–water partition coefficient (Wildman–Crippen LogP) is 3.63. The maximum Gasteiger partial charge on any atom is 0.252 e. The number of rotatable bonds is 6. The second-order valence-corrected chi connectivity index (χ2v) is 8.37. The molecule has 1 unspecified atom stereocenters. The zero-order valence-corrected chi connectivity index (χ0v) is 16.2. The van der Waals surface area contributed by atoms with E-state index in [4.69, 9.17) is 11.6 Å². The van der Waals surface area contributed by atoms with Crippen molar-refractivity contribution in [2.45, 2.75) is 43.8 Å². The molecule has 7 heteroatoms. The molecule has 1 saturated carbocycles. The Labute approximate surface area is 163 Å². The van der Waals surface area contributed by atoms with Gasteiger partial charge in [-0.05, 0) is 37.3 Å². The van der Waals surface area contributed by atoms with Crippen LogP contribution in [-0.2, 0) is 4.79 Å². The van der Waals surface area contributed by atoms with Gasteiger partial charge in [0.15, 0.2) is 5.17 Å². The van der Waals surface area contributed by atoms with Crippen LogP contribution in [0.25, 0.3) is 0 Å². The predicted molar refractivity (Wildman–Crippen MR) is 107 cm³/mol. The van der Waals surface area contributed by atoms with Crippen molar-refractivity contribution in [3.63, 3.8) is 0 Å². The van der Waals surface area contributed by atoms with Gasteiger partial charge in [-0.3, -0.25) is 14.6 Å². The number of carbonyl (C=O) groups is 2. The van der Waals surface area contributed by atoms with E-state index in [0.29, 0.717) is 29.5 Å². The van der Waals surface area contributed by atoms with Crippen LogP contribution in [0, 0.1) is 5.92 Å². The molecule has 2 N–H and O–H groups in total. The molecule has 1 aromatic rings. The maximum atomic E-state index is 12.1. The van der Waals surface area contributed by atoms with Crippen molar-refractivity contribution in [3.8, 4) is 0 Å². The van der Waals surface area contributed by atoms with Crippen LogP contribution in [0.2, 0.25) is 5.02 Å². The van der Waals surface area contributed by atoms with Gasteiger partial charge in [-0.25, -0.2) is 0 Å². The van der Waals surface area contributed by atoms with E-state index < -0.39 is 0 Å². The topological polar surface area (TPSA) is 70.6 Å². The number of amidine groups is 1. The van der Waals surface area contributed by atoms with Crippen molar-refractivity contribution in [2.75, 3.05) is 13.1 Å². The number of nitrogens with one attached hydrogen (secondary N) is 2. The monoisotopic (exact) mass is 393 g/mol. The van der Waals surface area contributed by atoms with E-state index in [1.165, 1.54) is 43.9 Å². The first-order valence-corrected chi connectivity index (χ1v) is 10.4. The minimum Gasteiger partial charge on any atom is -0.352 e. The molecule has 0 radical (unpaired) electrons. The highest BCUT2D eigenvalue weighted by atomic mass is 35.5. The first-order chi connectivity index (χ1) is 12.6. The Balaban J connectivity index is 1.43. The number of hydrogen-bond acceptors (Lipinski definition) is 4. The van der Waals surface area contributed by atoms with Gasteiger partial charge in [0.05, 0.1) is 15.8 Å². The summed E-state index contributed by atoms with van der Waals surface area (Å²) in [4.78, 5) is 28.8. The summed E-state index contributed by atoms with van der Waals surface area (Å²) in [5.41, 5.74) is 0.451. The van der Waals surface area contributed by atoms with Crippen molar-refractivity contribution < 1.29 is 9.59 Å². The smallest absolute Gasteiger partial charge is 0.252 e. The normalized spacial score (nSPS) is 22.4. The Hall–Kier alpha value is -1.53. The van der Waals surface area contributed by atoms with Crippen LogP contribution in [0.4, 0.5) is 0 Å². The number of aliphatic imine (C=N–C) groups is 1. The molecule has 1 aliphatic carbocycles. The van der Waals surface area contributed by atoms with Gasteiger partial charge in [0.25, 0.3) is 5.91 Å². The Morgan fingerprint density at radius 2 is 2.04 bits per heavy atom. The van der Waals surface area contributed by atoms with Gasteiger partial charge in [0.1, 0.15) is 0 Å². The Bertz CT molecular complexity index is 689. The first-order valence-electron chi connectivity index (χ1n) is 9.18. The van der Waals surface area contributed by atoms with E-state index in [9.17, 15) is 9.59 Å². The third kappa shape index (κ3) is 5.24. The fourth-order valence-electron chi connectivity index (χ4n) is 3.31. The van der Waals surface area contributed by atoms with Crippen LogP contribution in [-0.4, -0.2) is 35.3 Å². The summed E-state index contributed by atoms with van der Waals surface area (Å²) < 4.78 is 0. The van der Waals surface area contributed by atoms with Crippen LogP contribution in [0.15, 0.2) is 29.3 Å². The number of hydrogen-bond donors (Lipinski definition) is 2. The highest BCUT2D eigenvalue weighted by Gasteiger charge is 2.30. The standard InChI is InChI=1S/C19H24ClN3O2S/c20-15-9-5-4-8-14(15)17(24)21-11-10-16-18(25)23-19(26-16)22-12-13-6-2-1-3-7-13/h4-5,8-9,13,16H,1-3,6-7,10-12H2,(H,21,24)(H,22,23,25). The fourth-order valence-corrected chi connectivity index (χ4v) is 4.51. The molecule has 1 aromatic carbocycles. The molecule has 3 rings (SSSR count). The molecule has 2 fully saturated rings. The van der Waals surface area contributed by atoms with Gasteiger partial charge in [-0.2, -0.15) is 0 Å². The lowest BCUT2D eigenvalue weighted by Gasteiger charge is -2.19. The summed E-state index contributed by atoms with van der Waals surface area (Å²) in [5, 5.41) is 6.64. The Morgan fingerprint density at radius 1 is 1.27 bits per heavy atom. The quantitative estimate of drug-likeness (QED) is 0.775. The summed E-state index contributed by atoms with van der Waals surface area (Å²) in [5.74, 6) is 0.414. The summed E-state index contributed by atoms with van der Waals surface area (Å²) in [6.07, 6.45) is 6.97. The molecule has 26 heavy (non-hydrogen) atoms. The number of benzene rings is 1. The molecule has 140 valence electrons. The average Bonchev–Trinajstić information content (AvgIpc) is 3.01. The molecule has 1 aliphatic heterocycles. The number of halogens is 1. The molecular weight excluding hydrogens is 370 g/mol. The second-order valence-electron chi connectivity index (χ2n) is 6.77. The highest BCUT2D eigenvalue weighted by molar-refractivity contribution is 8.15. The summed E-state index contributed by atoms with van der Waals surface area (Å²) in [6.45, 7) is 1.23. The lowest BCUT2D eigenvalue weighted by atomic mass is 9.89. The van der Waals surface area contributed by atoms with E-state index >= 15 is 0 Å². The first kappa shape index (κ1) is 19.2. The van der Waals surface area contributed by atoms with Gasteiger partial charge in [-0.15, -0.1) is 0 Å². The van der Waals surface area contributed by atoms with Crippen LogP contribution >= 0.6 is 23.4 Å². The molecule has 2 amide bonds. The molecule has 5 nitrogen and oxygen atoms in total. The van der Waals surface area contributed by atoms with E-state index in [1.54, 1.807) is 24.3 Å². The molecule has 0 spiro atoms. The molecule has 1 saturated heterocycles. The number of nitrogens with zero attached hydrogens (tertiary/aromatic N) is 1. The largest absolute Gasteiger partial charge is 0.352 e. The van der Waals surface area contributed by atoms with Gasteiger partial charge < -0.3 is 10.6 Å². The zero-order chi connectivity index (χ0) is 18.4. The van der Waals surface area contributed by atoms with Crippen molar-refractivity contribution in [3.05, 3.63) is 34.9 Å². The number of thioether (sulfide) groups is 1. The Morgan fingerprint density at radius 3 is 2.81 bits per heavy atom. The van der Waals surface area contributed by atoms with Crippen molar-refractivity contribution in [1.29, 1.82) is 0 Å². The molecule has 1 atom stereocenters. The maximum absolute atomic E-state index is 12.1. The molecule has 2 aliphatic rings. The lowest BCUT2D eigenvalue weighted by molar-refractivity contribution is -0.118. The minimum absolute atomic E-state index is 0.0237. The van der Waals surface area contributed by atoms with E-state index in [-0.39, 0.29) is 17.1 Å². The number of amides is 2. The zero-order valence-electron chi connectivity index (χ0n) is 14.7. The number of carbonyl (C=O) groups excluding carboxylic acids is 2. The van der Waals surface area contributed by atoms with E-state index in [2.05, 4.69) is 15.6 Å². The van der Waals surface area contributed by atoms with Crippen molar-refractivity contribution >= 4 is 40.3 Å². The van der Waals surface area contributed by atoms with Gasteiger partial charge in [0, 0.05) is 13.1 Å². The summed E-state index contributed by atoms with van der Waals surface area (Å²) >= 11 is 7.49. The molecular formula is C19H24ClN3O2S.